The van der Waals surface area contributed by atoms with E-state index in [1.54, 1.807) is 0 Å². The molecule has 0 fully saturated rings. The van der Waals surface area contributed by atoms with Gasteiger partial charge in [0.1, 0.15) is 0 Å². The second-order valence-corrected chi connectivity index (χ2v) is 0.0816. The molecule has 0 saturated heterocycles. The Morgan fingerprint density at radius 1 is 1.17 bits per heavy atom. The molecule has 0 radical (unpaired) electrons. The SMILES string of the molecule is O=NO.[NaH].[NaH].[NaH]. The predicted molar refractivity (Wildman–Crippen MR) is 29.0 cm³/mol. The molecular weight excluding hydrogens is 115 g/mol. The van der Waals surface area contributed by atoms with Gasteiger partial charge in [-0.3, -0.25) is 0 Å². The molecule has 0 aliphatic carbocycles. The first kappa shape index (κ1) is 23.8. The molecule has 3 nitrogen and oxygen atoms in total. The van der Waals surface area contributed by atoms with E-state index in [1.807, 2.05) is 0 Å². The first-order valence-electron chi connectivity index (χ1n) is 0.383. The fourth-order valence-corrected chi connectivity index (χ4v) is 0. The van der Waals surface area contributed by atoms with E-state index in [0.29, 0.717) is 0 Å². The van der Waals surface area contributed by atoms with Crippen molar-refractivity contribution < 1.29 is 5.21 Å². The molecule has 0 heterocycles. The summed E-state index contributed by atoms with van der Waals surface area (Å²) < 4.78 is 0. The Hall–Kier alpha value is 2.40. The van der Waals surface area contributed by atoms with E-state index in [4.69, 9.17) is 10.1 Å². The van der Waals surface area contributed by atoms with Crippen LogP contribution >= 0.6 is 0 Å². The minimum atomic E-state index is 0. The van der Waals surface area contributed by atoms with Gasteiger partial charge in [-0.25, -0.2) is 0 Å². The van der Waals surface area contributed by atoms with Crippen molar-refractivity contribution in [3.05, 3.63) is 4.91 Å². The maximum absolute atomic E-state index is 8.11. The zero-order valence-electron chi connectivity index (χ0n) is 1.30. The molecule has 0 bridgehead atoms. The van der Waals surface area contributed by atoms with Crippen LogP contribution in [0, 0.1) is 4.91 Å². The average molecular weight is 119 g/mol. The third kappa shape index (κ3) is 32.4. The molecule has 0 rings (SSSR count). The summed E-state index contributed by atoms with van der Waals surface area (Å²) in [6.07, 6.45) is 0. The van der Waals surface area contributed by atoms with Crippen molar-refractivity contribution in [2.24, 2.45) is 5.34 Å². The van der Waals surface area contributed by atoms with Gasteiger partial charge in [-0.05, 0) is 0 Å². The molecule has 0 aromatic heterocycles. The summed E-state index contributed by atoms with van der Waals surface area (Å²) in [7, 11) is 0. The zero-order chi connectivity index (χ0) is 2.71. The average Bonchev–Trinajstić information content (AvgIpc) is 0.918. The van der Waals surface area contributed by atoms with Gasteiger partial charge in [-0.15, -0.1) is 4.91 Å². The van der Waals surface area contributed by atoms with E-state index >= 15 is 0 Å². The summed E-state index contributed by atoms with van der Waals surface area (Å²) in [5, 5.41) is 7.89. The summed E-state index contributed by atoms with van der Waals surface area (Å²) in [5.41, 5.74) is 0. The van der Waals surface area contributed by atoms with Crippen molar-refractivity contribution >= 4 is 88.7 Å². The molecule has 6 heavy (non-hydrogen) atoms. The van der Waals surface area contributed by atoms with Gasteiger partial charge >= 0.3 is 88.7 Å². The third-order valence-corrected chi connectivity index (χ3v) is 0. The Balaban J connectivity index is -0.00000000667. The van der Waals surface area contributed by atoms with Gasteiger partial charge in [0.05, 0.1) is 0 Å². The summed E-state index contributed by atoms with van der Waals surface area (Å²) in [6.45, 7) is 0. The Labute approximate surface area is 102 Å². The molecule has 0 unspecified atom stereocenters. The topological polar surface area (TPSA) is 49.7 Å². The van der Waals surface area contributed by atoms with Gasteiger partial charge in [-0.2, -0.15) is 0 Å². The van der Waals surface area contributed by atoms with Crippen LogP contribution in [0.5, 0.6) is 0 Å². The summed E-state index contributed by atoms with van der Waals surface area (Å²) in [5.74, 6) is 0. The molecule has 0 saturated carbocycles. The van der Waals surface area contributed by atoms with Crippen molar-refractivity contribution in [2.75, 3.05) is 0 Å². The molecule has 0 atom stereocenters. The molecule has 0 amide bonds. The molecule has 0 aliphatic rings. The number of rotatable bonds is 0. The zero-order valence-corrected chi connectivity index (χ0v) is 1.30. The van der Waals surface area contributed by atoms with Gasteiger partial charge in [0, 0.05) is 0 Å². The molecule has 0 aliphatic heterocycles. The quantitative estimate of drug-likeness (QED) is 0.232. The van der Waals surface area contributed by atoms with Crippen LogP contribution in [0.2, 0.25) is 0 Å². The fourth-order valence-electron chi connectivity index (χ4n) is 0. The Morgan fingerprint density at radius 3 is 1.17 bits per heavy atom. The van der Waals surface area contributed by atoms with Crippen molar-refractivity contribution in [1.29, 1.82) is 0 Å². The molecule has 24 valence electrons. The van der Waals surface area contributed by atoms with Crippen LogP contribution in [0.15, 0.2) is 5.34 Å². The van der Waals surface area contributed by atoms with E-state index in [2.05, 4.69) is 0 Å². The van der Waals surface area contributed by atoms with Crippen LogP contribution in [0.25, 0.3) is 0 Å². The molecule has 0 aromatic carbocycles. The first-order valence-corrected chi connectivity index (χ1v) is 0.383. The summed E-state index contributed by atoms with van der Waals surface area (Å²) in [4.78, 5) is 8.11. The van der Waals surface area contributed by atoms with E-state index in [-0.39, 0.29) is 88.7 Å². The second-order valence-electron chi connectivity index (χ2n) is 0.0816. The Morgan fingerprint density at radius 2 is 1.17 bits per heavy atom. The molecule has 0 aromatic rings. The van der Waals surface area contributed by atoms with E-state index in [9.17, 15) is 0 Å². The van der Waals surface area contributed by atoms with Gasteiger partial charge in [0.15, 0.2) is 5.34 Å². The van der Waals surface area contributed by atoms with Crippen LogP contribution < -0.4 is 0 Å². The number of nitrogens with zero attached hydrogens (tertiary/aromatic N) is 1. The minimum absolute atomic E-state index is 0. The molecule has 1 N–H and O–H groups in total. The van der Waals surface area contributed by atoms with Crippen LogP contribution in [0.3, 0.4) is 0 Å². The standard InChI is InChI=1S/HNO2.3Na.3H/c2-1-3;;;;;;/h(H,2,3);;;;;;. The van der Waals surface area contributed by atoms with Crippen LogP contribution in [-0.4, -0.2) is 93.9 Å². The normalized spacial score (nSPS) is 2.00. The monoisotopic (exact) mass is 119 g/mol. The van der Waals surface area contributed by atoms with Gasteiger partial charge in [0.25, 0.3) is 0 Å². The van der Waals surface area contributed by atoms with Crippen LogP contribution in [0.4, 0.5) is 0 Å². The van der Waals surface area contributed by atoms with Crippen molar-refractivity contribution in [3.8, 4) is 0 Å². The molecule has 6 heteroatoms. The van der Waals surface area contributed by atoms with Gasteiger partial charge < -0.3 is 5.21 Å². The van der Waals surface area contributed by atoms with Crippen molar-refractivity contribution in [3.63, 3.8) is 0 Å². The van der Waals surface area contributed by atoms with E-state index in [0.717, 1.165) is 0 Å². The fraction of sp³-hybridized carbons (Fsp3) is 0. The van der Waals surface area contributed by atoms with E-state index in [1.165, 1.54) is 5.34 Å². The first-order chi connectivity index (χ1) is 1.41. The Kier molecular flexibility index (Phi) is 104. The van der Waals surface area contributed by atoms with Gasteiger partial charge in [-0.1, -0.05) is 0 Å². The summed E-state index contributed by atoms with van der Waals surface area (Å²) in [6, 6.07) is 0. The van der Waals surface area contributed by atoms with Gasteiger partial charge in [0.2, 0.25) is 0 Å². The number of hydrogen-bond acceptors (Lipinski definition) is 2. The number of hydrogen-bond donors (Lipinski definition) is 1. The van der Waals surface area contributed by atoms with Crippen molar-refractivity contribution in [2.45, 2.75) is 0 Å². The van der Waals surface area contributed by atoms with E-state index < -0.39 is 0 Å². The van der Waals surface area contributed by atoms with Crippen LogP contribution in [0.1, 0.15) is 0 Å². The second kappa shape index (κ2) is 26.2. The predicted octanol–water partition coefficient (Wildman–Crippen LogP) is -1.80. The third-order valence-electron chi connectivity index (χ3n) is 0. The van der Waals surface area contributed by atoms with Crippen molar-refractivity contribution in [1.82, 2.24) is 0 Å². The Bertz CT molecular complexity index is 16.3. The molecule has 0 spiro atoms. The maximum atomic E-state index is 8.11. The summed E-state index contributed by atoms with van der Waals surface area (Å²) >= 11 is 0. The van der Waals surface area contributed by atoms with Crippen LogP contribution in [-0.2, 0) is 0 Å². The molecular formula is H4NNa3O2.